The number of aromatic nitrogens is 3. The van der Waals surface area contributed by atoms with Gasteiger partial charge in [-0.2, -0.15) is 0 Å². The summed E-state index contributed by atoms with van der Waals surface area (Å²) in [7, 11) is 1.75. The summed E-state index contributed by atoms with van der Waals surface area (Å²) in [5, 5.41) is 4.76. The van der Waals surface area contributed by atoms with Gasteiger partial charge in [-0.25, -0.2) is 15.8 Å². The lowest BCUT2D eigenvalue weighted by atomic mass is 10.0. The normalized spacial score (nSPS) is 15.4. The lowest BCUT2D eigenvalue weighted by molar-refractivity contribution is 0.0699. The average molecular weight is 431 g/mol. The smallest absolute Gasteiger partial charge is 0.295 e. The van der Waals surface area contributed by atoms with E-state index in [4.69, 9.17) is 20.3 Å². The van der Waals surface area contributed by atoms with Crippen LogP contribution in [0.5, 0.6) is 0 Å². The molecule has 0 unspecified atom stereocenters. The van der Waals surface area contributed by atoms with Crippen LogP contribution in [0.2, 0.25) is 0 Å². The van der Waals surface area contributed by atoms with Crippen LogP contribution >= 0.6 is 0 Å². The lowest BCUT2D eigenvalue weighted by Gasteiger charge is -2.22. The van der Waals surface area contributed by atoms with Crippen molar-refractivity contribution in [3.63, 3.8) is 0 Å². The van der Waals surface area contributed by atoms with E-state index in [0.717, 1.165) is 43.7 Å². The van der Waals surface area contributed by atoms with Crippen molar-refractivity contribution in [2.75, 3.05) is 45.3 Å². The van der Waals surface area contributed by atoms with Crippen LogP contribution in [-0.2, 0) is 16.0 Å². The number of fused-ring (bicyclic) bond motifs is 1. The van der Waals surface area contributed by atoms with Crippen molar-refractivity contribution in [3.8, 4) is 0 Å². The van der Waals surface area contributed by atoms with E-state index in [1.165, 1.54) is 5.01 Å². The Bertz CT molecular complexity index is 950. The summed E-state index contributed by atoms with van der Waals surface area (Å²) in [5.41, 5.74) is 2.68. The van der Waals surface area contributed by atoms with Gasteiger partial charge >= 0.3 is 0 Å². The Morgan fingerprint density at radius 2 is 2.13 bits per heavy atom. The minimum absolute atomic E-state index is 0.179. The summed E-state index contributed by atoms with van der Waals surface area (Å²) in [6.07, 6.45) is 4.71. The van der Waals surface area contributed by atoms with Crippen molar-refractivity contribution < 1.29 is 9.47 Å². The number of hydrogen-bond donors (Lipinski definition) is 2. The molecule has 3 rings (SSSR count). The van der Waals surface area contributed by atoms with E-state index in [1.807, 2.05) is 19.1 Å². The minimum atomic E-state index is -0.179. The first kappa shape index (κ1) is 23.2. The molecule has 0 radical (unpaired) electrons. The second-order valence-corrected chi connectivity index (χ2v) is 7.98. The molecule has 1 fully saturated rings. The first-order valence-corrected chi connectivity index (χ1v) is 11.0. The fraction of sp³-hybridized carbons (Fsp3) is 0.591. The molecule has 0 aromatic carbocycles. The van der Waals surface area contributed by atoms with Crippen LogP contribution in [-0.4, -0.2) is 59.6 Å². The predicted octanol–water partition coefficient (Wildman–Crippen LogP) is 2.22. The van der Waals surface area contributed by atoms with Gasteiger partial charge in [-0.1, -0.05) is 6.92 Å². The standard InChI is InChI=1S/C22H34N6O3/c1-4-10-30-13-9-28-21-19(6-5-18(26-21)16(2)15-27(3)23)25-20(22(28)29)24-14-17-7-11-31-12-8-17/h5-6,15,17H,4,7-14,23H2,1-3H3,(H,24,25)/b16-15+. The van der Waals surface area contributed by atoms with Crippen LogP contribution in [0.4, 0.5) is 5.82 Å². The highest BCUT2D eigenvalue weighted by atomic mass is 16.5. The maximum atomic E-state index is 13.3. The third kappa shape index (κ3) is 6.25. The first-order chi connectivity index (χ1) is 15.0. The molecule has 0 atom stereocenters. The van der Waals surface area contributed by atoms with E-state index in [9.17, 15) is 4.79 Å². The maximum Gasteiger partial charge on any atom is 0.295 e. The number of nitrogens with two attached hydrogens (primary N) is 1. The second kappa shape index (κ2) is 11.2. The van der Waals surface area contributed by atoms with Crippen LogP contribution in [0, 0.1) is 5.92 Å². The number of hydrogen-bond acceptors (Lipinski definition) is 8. The number of pyridine rings is 1. The fourth-order valence-electron chi connectivity index (χ4n) is 3.63. The van der Waals surface area contributed by atoms with Crippen LogP contribution in [0.15, 0.2) is 23.1 Å². The molecule has 0 saturated carbocycles. The van der Waals surface area contributed by atoms with Crippen LogP contribution in [0.1, 0.15) is 38.8 Å². The van der Waals surface area contributed by atoms with E-state index < -0.39 is 0 Å². The van der Waals surface area contributed by atoms with Gasteiger partial charge in [-0.05, 0) is 49.8 Å². The van der Waals surface area contributed by atoms with Crippen molar-refractivity contribution in [2.24, 2.45) is 11.8 Å². The zero-order chi connectivity index (χ0) is 22.2. The fourth-order valence-corrected chi connectivity index (χ4v) is 3.63. The molecular formula is C22H34N6O3. The zero-order valence-electron chi connectivity index (χ0n) is 18.8. The van der Waals surface area contributed by atoms with Gasteiger partial charge in [0.1, 0.15) is 5.52 Å². The van der Waals surface area contributed by atoms with Gasteiger partial charge in [-0.3, -0.25) is 9.36 Å². The largest absolute Gasteiger partial charge is 0.381 e. The number of nitrogens with zero attached hydrogens (tertiary/aromatic N) is 4. The maximum absolute atomic E-state index is 13.3. The van der Waals surface area contributed by atoms with Crippen molar-refractivity contribution in [3.05, 3.63) is 34.4 Å². The Hall–Kier alpha value is -2.49. The first-order valence-electron chi connectivity index (χ1n) is 11.0. The molecule has 170 valence electrons. The number of rotatable bonds is 10. The van der Waals surface area contributed by atoms with Gasteiger partial charge in [0, 0.05) is 39.6 Å². The summed E-state index contributed by atoms with van der Waals surface area (Å²) < 4.78 is 12.7. The highest BCUT2D eigenvalue weighted by Crippen LogP contribution is 2.18. The van der Waals surface area contributed by atoms with E-state index in [1.54, 1.807) is 17.8 Å². The molecule has 31 heavy (non-hydrogen) atoms. The zero-order valence-corrected chi connectivity index (χ0v) is 18.8. The predicted molar refractivity (Wildman–Crippen MR) is 123 cm³/mol. The van der Waals surface area contributed by atoms with Gasteiger partial charge in [0.25, 0.3) is 5.56 Å². The number of anilines is 1. The van der Waals surface area contributed by atoms with Gasteiger partial charge in [-0.15, -0.1) is 0 Å². The van der Waals surface area contributed by atoms with Crippen molar-refractivity contribution in [2.45, 2.75) is 39.7 Å². The van der Waals surface area contributed by atoms with E-state index in [0.29, 0.717) is 49.2 Å². The Morgan fingerprint density at radius 3 is 2.84 bits per heavy atom. The summed E-state index contributed by atoms with van der Waals surface area (Å²) >= 11 is 0. The highest BCUT2D eigenvalue weighted by molar-refractivity contribution is 5.75. The van der Waals surface area contributed by atoms with E-state index in [-0.39, 0.29) is 5.56 Å². The van der Waals surface area contributed by atoms with Gasteiger partial charge in [0.2, 0.25) is 0 Å². The Morgan fingerprint density at radius 1 is 1.35 bits per heavy atom. The van der Waals surface area contributed by atoms with Crippen molar-refractivity contribution in [1.29, 1.82) is 0 Å². The van der Waals surface area contributed by atoms with Crippen LogP contribution in [0.25, 0.3) is 16.7 Å². The summed E-state index contributed by atoms with van der Waals surface area (Å²) in [6, 6.07) is 3.79. The van der Waals surface area contributed by atoms with Gasteiger partial charge in [0.05, 0.1) is 18.8 Å². The molecule has 3 N–H and O–H groups in total. The Labute approximate surface area is 183 Å². The van der Waals surface area contributed by atoms with Crippen LogP contribution < -0.4 is 16.7 Å². The molecule has 3 heterocycles. The van der Waals surface area contributed by atoms with Crippen molar-refractivity contribution in [1.82, 2.24) is 19.5 Å². The summed E-state index contributed by atoms with van der Waals surface area (Å²) in [5.74, 6) is 6.57. The second-order valence-electron chi connectivity index (χ2n) is 7.98. The molecule has 2 aromatic rings. The number of nitrogens with one attached hydrogen (secondary N) is 1. The van der Waals surface area contributed by atoms with Crippen LogP contribution in [0.3, 0.4) is 0 Å². The monoisotopic (exact) mass is 430 g/mol. The molecule has 0 bridgehead atoms. The quantitative estimate of drug-likeness (QED) is 0.336. The lowest BCUT2D eigenvalue weighted by Crippen LogP contribution is -2.30. The molecule has 2 aromatic heterocycles. The number of allylic oxidation sites excluding steroid dienone is 1. The molecule has 1 aliphatic rings. The highest BCUT2D eigenvalue weighted by Gasteiger charge is 2.17. The molecule has 0 aliphatic carbocycles. The summed E-state index contributed by atoms with van der Waals surface area (Å²) in [6.45, 7) is 7.77. The molecular weight excluding hydrogens is 396 g/mol. The summed E-state index contributed by atoms with van der Waals surface area (Å²) in [4.78, 5) is 22.6. The molecule has 9 nitrogen and oxygen atoms in total. The number of hydrazine groups is 1. The third-order valence-electron chi connectivity index (χ3n) is 5.30. The van der Waals surface area contributed by atoms with Gasteiger partial charge < -0.3 is 19.8 Å². The van der Waals surface area contributed by atoms with Gasteiger partial charge in [0.15, 0.2) is 11.5 Å². The number of ether oxygens (including phenoxy) is 2. The minimum Gasteiger partial charge on any atom is -0.381 e. The molecule has 0 amide bonds. The van der Waals surface area contributed by atoms with E-state index >= 15 is 0 Å². The molecule has 1 aliphatic heterocycles. The molecule has 0 spiro atoms. The average Bonchev–Trinajstić information content (AvgIpc) is 2.76. The Balaban J connectivity index is 1.93. The molecule has 9 heteroatoms. The van der Waals surface area contributed by atoms with Crippen molar-refractivity contribution >= 4 is 22.6 Å². The SMILES string of the molecule is CCCOCCn1c(=O)c(NCC2CCOCC2)nc2ccc(/C(C)=C/N(C)N)nc21. The Kier molecular flexibility index (Phi) is 8.39. The third-order valence-corrected chi connectivity index (χ3v) is 5.30. The topological polar surface area (TPSA) is 108 Å². The van der Waals surface area contributed by atoms with E-state index in [2.05, 4.69) is 17.2 Å². The molecule has 1 saturated heterocycles.